The molecular formula is C16H18F13NO6. The summed E-state index contributed by atoms with van der Waals surface area (Å²) in [5.41, 5.74) is 0. The molecule has 0 bridgehead atoms. The summed E-state index contributed by atoms with van der Waals surface area (Å²) >= 11 is 0. The molecule has 2 N–H and O–H groups in total. The predicted octanol–water partition coefficient (Wildman–Crippen LogP) is 1.41. The highest BCUT2D eigenvalue weighted by Gasteiger charge is 2.91. The smallest absolute Gasteiger partial charge is 0.460 e. The van der Waals surface area contributed by atoms with E-state index in [0.717, 1.165) is 0 Å². The lowest BCUT2D eigenvalue weighted by Gasteiger charge is -2.45. The molecule has 0 fully saturated rings. The van der Waals surface area contributed by atoms with Gasteiger partial charge in [-0.15, -0.1) is 0 Å². The van der Waals surface area contributed by atoms with Crippen LogP contribution in [0, 0.1) is 5.92 Å². The molecular weight excluding hydrogens is 549 g/mol. The number of rotatable bonds is 12. The van der Waals surface area contributed by atoms with Gasteiger partial charge in [-0.3, -0.25) is 9.28 Å². The Balaban J connectivity index is 6.93. The summed E-state index contributed by atoms with van der Waals surface area (Å²) < 4.78 is 177. The maximum Gasteiger partial charge on any atom is 0.460 e. The van der Waals surface area contributed by atoms with Crippen LogP contribution in [0.5, 0.6) is 0 Å². The Labute approximate surface area is 192 Å². The standard InChI is InChI=1S/C16H18F13NO6/c1-6(32)36-9(10(35)30(2,3)4-8(33)34)7(5-31)11(17,18)12(19,20)13(21,22)14(23,24)15(25,26)16(27,28)29/h7,9-10,31,35H,4-5H2,1-3H3. The molecule has 3 atom stereocenters. The molecule has 0 aliphatic heterocycles. The minimum Gasteiger partial charge on any atom is -0.544 e. The number of nitrogens with zero attached hydrogens (tertiary/aromatic N) is 1. The predicted molar refractivity (Wildman–Crippen MR) is 84.9 cm³/mol. The van der Waals surface area contributed by atoms with Crippen molar-refractivity contribution in [3.63, 3.8) is 0 Å². The average Bonchev–Trinajstić information content (AvgIpc) is 2.64. The number of esters is 1. The molecule has 0 aliphatic carbocycles. The minimum absolute atomic E-state index is 0.329. The van der Waals surface area contributed by atoms with Gasteiger partial charge < -0.3 is 24.9 Å². The molecule has 214 valence electrons. The molecule has 0 aromatic heterocycles. The molecule has 0 radical (unpaired) electrons. The molecule has 0 spiro atoms. The van der Waals surface area contributed by atoms with Gasteiger partial charge in [0.15, 0.2) is 6.10 Å². The van der Waals surface area contributed by atoms with Gasteiger partial charge in [0.25, 0.3) is 0 Å². The zero-order valence-electron chi connectivity index (χ0n) is 18.0. The van der Waals surface area contributed by atoms with Crippen LogP contribution in [-0.2, 0) is 14.3 Å². The fraction of sp³-hybridized carbons (Fsp3) is 0.875. The Kier molecular flexibility index (Phi) is 9.41. The monoisotopic (exact) mass is 567 g/mol. The van der Waals surface area contributed by atoms with Crippen molar-refractivity contribution in [2.75, 3.05) is 27.2 Å². The SMILES string of the molecule is CC(=O)OC(C(CO)C(F)(F)C(F)(F)C(F)(F)C(F)(F)C(F)(F)C(F)(F)F)C(O)[N+](C)(C)CC(=O)[O-]. The van der Waals surface area contributed by atoms with Gasteiger partial charge in [-0.05, 0) is 0 Å². The highest BCUT2D eigenvalue weighted by atomic mass is 19.4. The average molecular weight is 567 g/mol. The second-order valence-electron chi connectivity index (χ2n) is 8.00. The number of ether oxygens (including phenoxy) is 1. The van der Waals surface area contributed by atoms with Crippen molar-refractivity contribution in [3.8, 4) is 0 Å². The van der Waals surface area contributed by atoms with Crippen LogP contribution >= 0.6 is 0 Å². The number of aliphatic hydroxyl groups excluding tert-OH is 2. The molecule has 0 saturated heterocycles. The number of hydrogen-bond acceptors (Lipinski definition) is 6. The highest BCUT2D eigenvalue weighted by molar-refractivity contribution is 5.66. The number of aliphatic hydroxyl groups is 2. The molecule has 36 heavy (non-hydrogen) atoms. The summed E-state index contributed by atoms with van der Waals surface area (Å²) in [6.45, 7) is -3.64. The van der Waals surface area contributed by atoms with E-state index in [1.54, 1.807) is 0 Å². The summed E-state index contributed by atoms with van der Waals surface area (Å²) in [4.78, 5) is 22.0. The first-order valence-corrected chi connectivity index (χ1v) is 9.02. The number of carboxylic acids is 1. The largest absolute Gasteiger partial charge is 0.544 e. The van der Waals surface area contributed by atoms with Crippen molar-refractivity contribution < 1.29 is 91.2 Å². The van der Waals surface area contributed by atoms with Gasteiger partial charge >= 0.3 is 41.8 Å². The van der Waals surface area contributed by atoms with Crippen LogP contribution in [0.25, 0.3) is 0 Å². The van der Waals surface area contributed by atoms with Gasteiger partial charge in [0.2, 0.25) is 6.23 Å². The summed E-state index contributed by atoms with van der Waals surface area (Å²) in [7, 11) is 1.24. The van der Waals surface area contributed by atoms with Crippen LogP contribution in [0.3, 0.4) is 0 Å². The molecule has 3 unspecified atom stereocenters. The first-order valence-electron chi connectivity index (χ1n) is 9.02. The Bertz CT molecular complexity index is 815. The van der Waals surface area contributed by atoms with E-state index in [2.05, 4.69) is 4.74 Å². The maximum absolute atomic E-state index is 14.6. The molecule has 0 amide bonds. The van der Waals surface area contributed by atoms with Crippen molar-refractivity contribution in [2.24, 2.45) is 5.92 Å². The lowest BCUT2D eigenvalue weighted by atomic mass is 9.84. The van der Waals surface area contributed by atoms with Gasteiger partial charge in [-0.25, -0.2) is 0 Å². The number of hydrogen-bond donors (Lipinski definition) is 2. The van der Waals surface area contributed by atoms with Gasteiger partial charge in [0.1, 0.15) is 6.54 Å². The molecule has 0 aromatic rings. The number of quaternary nitrogens is 1. The lowest BCUT2D eigenvalue weighted by molar-refractivity contribution is -0.936. The normalized spacial score (nSPS) is 17.4. The first kappa shape index (κ1) is 33.9. The Morgan fingerprint density at radius 3 is 1.53 bits per heavy atom. The zero-order chi connectivity index (χ0) is 29.5. The fourth-order valence-corrected chi connectivity index (χ4v) is 2.81. The van der Waals surface area contributed by atoms with Crippen molar-refractivity contribution in [3.05, 3.63) is 0 Å². The third kappa shape index (κ3) is 5.58. The Morgan fingerprint density at radius 2 is 1.22 bits per heavy atom. The summed E-state index contributed by atoms with van der Waals surface area (Å²) in [6, 6.07) is 0. The van der Waals surface area contributed by atoms with Gasteiger partial charge in [0.05, 0.1) is 32.6 Å². The van der Waals surface area contributed by atoms with Crippen molar-refractivity contribution in [1.29, 1.82) is 0 Å². The number of likely N-dealkylation sites (N-methyl/N-ethyl adjacent to an activating group) is 1. The quantitative estimate of drug-likeness (QED) is 0.160. The van der Waals surface area contributed by atoms with Crippen molar-refractivity contribution in [2.45, 2.75) is 55.0 Å². The third-order valence-electron chi connectivity index (χ3n) is 4.87. The minimum atomic E-state index is -8.22. The van der Waals surface area contributed by atoms with Crippen LogP contribution in [0.2, 0.25) is 0 Å². The van der Waals surface area contributed by atoms with E-state index >= 15 is 0 Å². The molecule has 7 nitrogen and oxygen atoms in total. The van der Waals surface area contributed by atoms with Crippen molar-refractivity contribution in [1.82, 2.24) is 0 Å². The third-order valence-corrected chi connectivity index (χ3v) is 4.87. The van der Waals surface area contributed by atoms with E-state index < -0.39 is 83.6 Å². The second-order valence-corrected chi connectivity index (χ2v) is 8.00. The van der Waals surface area contributed by atoms with Crippen molar-refractivity contribution >= 4 is 11.9 Å². The first-order chi connectivity index (χ1) is 15.6. The van der Waals surface area contributed by atoms with Crippen LogP contribution < -0.4 is 5.11 Å². The number of halogens is 13. The number of carbonyl (C=O) groups is 2. The highest BCUT2D eigenvalue weighted by Crippen LogP contribution is 2.61. The van der Waals surface area contributed by atoms with E-state index in [1.807, 2.05) is 0 Å². The number of carbonyl (C=O) groups excluding carboxylic acids is 2. The second kappa shape index (κ2) is 9.99. The van der Waals surface area contributed by atoms with E-state index in [-0.39, 0.29) is 0 Å². The van der Waals surface area contributed by atoms with E-state index in [9.17, 15) is 76.9 Å². The van der Waals surface area contributed by atoms with E-state index in [1.165, 1.54) is 0 Å². The summed E-state index contributed by atoms with van der Waals surface area (Å²) in [5.74, 6) is -47.1. The summed E-state index contributed by atoms with van der Waals surface area (Å²) in [6.07, 6.45) is -13.9. The van der Waals surface area contributed by atoms with Crippen LogP contribution in [-0.4, -0.2) is 102 Å². The molecule has 0 aromatic carbocycles. The van der Waals surface area contributed by atoms with Gasteiger partial charge in [-0.1, -0.05) is 0 Å². The Morgan fingerprint density at radius 1 is 0.833 bits per heavy atom. The fourth-order valence-electron chi connectivity index (χ4n) is 2.81. The van der Waals surface area contributed by atoms with E-state index in [0.29, 0.717) is 21.0 Å². The number of carboxylic acid groups (broad SMARTS) is 1. The molecule has 0 rings (SSSR count). The van der Waals surface area contributed by atoms with E-state index in [4.69, 9.17) is 5.11 Å². The van der Waals surface area contributed by atoms with Crippen LogP contribution in [0.1, 0.15) is 6.92 Å². The molecule has 0 aliphatic rings. The number of alkyl halides is 13. The van der Waals surface area contributed by atoms with Crippen LogP contribution in [0.15, 0.2) is 0 Å². The van der Waals surface area contributed by atoms with Gasteiger partial charge in [0, 0.05) is 6.92 Å². The topological polar surface area (TPSA) is 107 Å². The number of aliphatic carboxylic acids is 1. The zero-order valence-corrected chi connectivity index (χ0v) is 18.0. The van der Waals surface area contributed by atoms with Gasteiger partial charge in [-0.2, -0.15) is 57.1 Å². The van der Waals surface area contributed by atoms with Crippen LogP contribution in [0.4, 0.5) is 57.1 Å². The Hall–Kier alpha value is -2.09. The lowest BCUT2D eigenvalue weighted by Crippen LogP contribution is -2.72. The maximum atomic E-state index is 14.6. The molecule has 20 heteroatoms. The molecule has 0 saturated carbocycles. The molecule has 0 heterocycles. The summed E-state index contributed by atoms with van der Waals surface area (Å²) in [5, 5.41) is 30.1.